The molecule has 13 heteroatoms. The number of fused-ring (bicyclic) bond motifs is 1. The normalized spacial score (nSPS) is 22.2. The quantitative estimate of drug-likeness (QED) is 0.245. The van der Waals surface area contributed by atoms with Gasteiger partial charge in [0, 0.05) is 49.5 Å². The van der Waals surface area contributed by atoms with Crippen LogP contribution in [-0.2, 0) is 29.2 Å². The molecule has 2 amide bonds. The Morgan fingerprint density at radius 2 is 1.88 bits per heavy atom. The highest BCUT2D eigenvalue weighted by atomic mass is 19.3. The number of nitrogens with one attached hydrogen (secondary N) is 1. The van der Waals surface area contributed by atoms with Crippen molar-refractivity contribution in [3.8, 4) is 11.8 Å². The molecule has 0 spiro atoms. The van der Waals surface area contributed by atoms with Gasteiger partial charge in [-0.15, -0.1) is 10.2 Å². The van der Waals surface area contributed by atoms with Crippen molar-refractivity contribution in [1.82, 2.24) is 24.6 Å². The van der Waals surface area contributed by atoms with Crippen molar-refractivity contribution in [1.29, 1.82) is 5.26 Å². The van der Waals surface area contributed by atoms with Gasteiger partial charge in [0.15, 0.2) is 0 Å². The van der Waals surface area contributed by atoms with Gasteiger partial charge in [0.05, 0.1) is 30.3 Å². The minimum atomic E-state index is -2.69. The van der Waals surface area contributed by atoms with Crippen molar-refractivity contribution in [2.24, 2.45) is 18.9 Å². The summed E-state index contributed by atoms with van der Waals surface area (Å²) >= 11 is 0. The average Bonchev–Trinajstić information content (AvgIpc) is 3.60. The van der Waals surface area contributed by atoms with Gasteiger partial charge in [-0.25, -0.2) is 18.6 Å². The summed E-state index contributed by atoms with van der Waals surface area (Å²) in [5.41, 5.74) is 1.20. The predicted octanol–water partition coefficient (Wildman–Crippen LogP) is 7.30. The van der Waals surface area contributed by atoms with E-state index in [2.05, 4.69) is 21.6 Å². The van der Waals surface area contributed by atoms with Crippen LogP contribution >= 0.6 is 0 Å². The van der Waals surface area contributed by atoms with E-state index >= 15 is 0 Å². The maximum absolute atomic E-state index is 14.0. The van der Waals surface area contributed by atoms with Crippen molar-refractivity contribution >= 4 is 17.7 Å². The van der Waals surface area contributed by atoms with Crippen LogP contribution in [0.1, 0.15) is 113 Å². The highest BCUT2D eigenvalue weighted by Gasteiger charge is 2.50. The van der Waals surface area contributed by atoms with Gasteiger partial charge in [-0.2, -0.15) is 5.26 Å². The van der Waals surface area contributed by atoms with E-state index in [9.17, 15) is 23.6 Å². The predicted molar refractivity (Wildman–Crippen MR) is 185 cm³/mol. The van der Waals surface area contributed by atoms with Crippen LogP contribution in [0, 0.1) is 23.2 Å². The monoisotopic (exact) mass is 703 g/mol. The molecule has 272 valence electrons. The number of aromatic nitrogens is 4. The lowest BCUT2D eigenvalue weighted by Crippen LogP contribution is -2.44. The summed E-state index contributed by atoms with van der Waals surface area (Å²) in [5.74, 6) is -1.66. The van der Waals surface area contributed by atoms with Crippen LogP contribution in [-0.4, -0.2) is 61.3 Å². The summed E-state index contributed by atoms with van der Waals surface area (Å²) in [5, 5.41) is 20.9. The van der Waals surface area contributed by atoms with Gasteiger partial charge in [0.2, 0.25) is 5.92 Å². The third-order valence-electron chi connectivity index (χ3n) is 10.3. The molecule has 6 rings (SSSR count). The number of nitrogens with zero attached hydrogens (tertiary/aromatic N) is 6. The maximum Gasteiger partial charge on any atom is 0.410 e. The van der Waals surface area contributed by atoms with Crippen LogP contribution in [0.25, 0.3) is 0 Å². The number of carbonyl (C=O) groups is 2. The number of aryl methyl sites for hydroxylation is 1. The fourth-order valence-corrected chi connectivity index (χ4v) is 7.64. The first kappa shape index (κ1) is 36.2. The molecule has 3 aromatic rings. The number of alkyl halides is 2. The highest BCUT2D eigenvalue weighted by molar-refractivity contribution is 6.03. The molecule has 0 unspecified atom stereocenters. The van der Waals surface area contributed by atoms with Crippen LogP contribution in [0.15, 0.2) is 36.7 Å². The number of anilines is 1. The van der Waals surface area contributed by atoms with Crippen LogP contribution in [0.4, 0.5) is 19.3 Å². The number of amides is 2. The van der Waals surface area contributed by atoms with E-state index in [0.717, 1.165) is 24.2 Å². The first-order chi connectivity index (χ1) is 24.0. The minimum Gasteiger partial charge on any atom is -0.490 e. The van der Waals surface area contributed by atoms with E-state index in [1.165, 1.54) is 0 Å². The van der Waals surface area contributed by atoms with Crippen LogP contribution in [0.5, 0.6) is 5.75 Å². The molecular formula is C38H47F2N7O4. The molecule has 0 atom stereocenters. The van der Waals surface area contributed by atoms with E-state index < -0.39 is 34.4 Å². The summed E-state index contributed by atoms with van der Waals surface area (Å²) in [4.78, 5) is 33.8. The zero-order chi connectivity index (χ0) is 36.8. The number of pyridine rings is 1. The molecule has 1 aromatic carbocycles. The Balaban J connectivity index is 1.29. The van der Waals surface area contributed by atoms with Gasteiger partial charge >= 0.3 is 6.09 Å². The lowest BCUT2D eigenvalue weighted by Gasteiger charge is -2.46. The summed E-state index contributed by atoms with van der Waals surface area (Å²) in [6.07, 6.45) is 3.22. The maximum atomic E-state index is 14.0. The molecule has 0 bridgehead atoms. The van der Waals surface area contributed by atoms with Gasteiger partial charge < -0.3 is 24.3 Å². The fraction of sp³-hybridized carbons (Fsp3) is 0.579. The van der Waals surface area contributed by atoms with Crippen molar-refractivity contribution < 1.29 is 27.8 Å². The first-order valence-corrected chi connectivity index (χ1v) is 17.6. The lowest BCUT2D eigenvalue weighted by atomic mass is 9.57. The molecule has 1 aliphatic heterocycles. The molecule has 0 radical (unpaired) electrons. The Hall–Kier alpha value is -4.60. The molecule has 2 fully saturated rings. The number of ether oxygens (including phenoxy) is 2. The second-order valence-electron chi connectivity index (χ2n) is 16.2. The summed E-state index contributed by atoms with van der Waals surface area (Å²) in [6.45, 7) is 9.95. The largest absolute Gasteiger partial charge is 0.490 e. The number of hydrogen-bond acceptors (Lipinski definition) is 8. The van der Waals surface area contributed by atoms with E-state index in [-0.39, 0.29) is 43.5 Å². The smallest absolute Gasteiger partial charge is 0.410 e. The van der Waals surface area contributed by atoms with Crippen molar-refractivity contribution in [3.63, 3.8) is 0 Å². The van der Waals surface area contributed by atoms with Gasteiger partial charge in [0.1, 0.15) is 29.2 Å². The number of carbonyl (C=O) groups excluding carboxylic acids is 2. The van der Waals surface area contributed by atoms with Crippen molar-refractivity contribution in [2.75, 3.05) is 18.5 Å². The Morgan fingerprint density at radius 1 is 1.16 bits per heavy atom. The second kappa shape index (κ2) is 13.5. The fourth-order valence-electron chi connectivity index (χ4n) is 7.64. The van der Waals surface area contributed by atoms with Gasteiger partial charge in [-0.05, 0) is 82.1 Å². The van der Waals surface area contributed by atoms with Gasteiger partial charge in [0.25, 0.3) is 5.91 Å². The third-order valence-corrected chi connectivity index (χ3v) is 10.3. The molecule has 2 saturated carbocycles. The van der Waals surface area contributed by atoms with E-state index in [1.54, 1.807) is 38.1 Å². The zero-order valence-electron chi connectivity index (χ0n) is 30.3. The number of nitriles is 1. The average molecular weight is 704 g/mol. The molecule has 0 saturated heterocycles. The van der Waals surface area contributed by atoms with Crippen molar-refractivity contribution in [3.05, 3.63) is 65.0 Å². The standard InChI is InChI=1S/C38H47F2N7O4/c1-35(2,3)51-34(49)47(20-24-10-13-38(39,40)14-11-24)21-26-16-29(44-31-30(26)50-22-36(31,4)5)32(48)43-28-9-7-8-27(17-28)37(18-25(19-37)12-15-41)33-45-42-23-46(33)6/h7-9,16-17,23-25H,10-14,18-22H2,1-6H3,(H,43,48). The zero-order valence-corrected chi connectivity index (χ0v) is 30.3. The molecule has 3 aliphatic rings. The van der Waals surface area contributed by atoms with E-state index in [1.807, 2.05) is 49.7 Å². The molecule has 2 aromatic heterocycles. The Morgan fingerprint density at radius 3 is 2.53 bits per heavy atom. The summed E-state index contributed by atoms with van der Waals surface area (Å²) in [7, 11) is 1.90. The third kappa shape index (κ3) is 7.70. The number of halogens is 2. The molecule has 51 heavy (non-hydrogen) atoms. The van der Waals surface area contributed by atoms with Crippen LogP contribution in [0.3, 0.4) is 0 Å². The second-order valence-corrected chi connectivity index (χ2v) is 16.2. The van der Waals surface area contributed by atoms with E-state index in [0.29, 0.717) is 48.6 Å². The highest BCUT2D eigenvalue weighted by Crippen LogP contribution is 2.53. The Labute approximate surface area is 297 Å². The van der Waals surface area contributed by atoms with Gasteiger partial charge in [-0.3, -0.25) is 4.79 Å². The molecule has 1 N–H and O–H groups in total. The molecule has 3 heterocycles. The van der Waals surface area contributed by atoms with Crippen LogP contribution < -0.4 is 10.1 Å². The SMILES string of the molecule is Cn1cnnc1C1(c2cccc(NC(=O)c3cc(CN(CC4CCC(F)(F)CC4)C(=O)OC(C)(C)C)c4c(n3)C(C)(C)CO4)c2)CC(CC#N)C1. The molecule has 11 nitrogen and oxygen atoms in total. The topological polar surface area (TPSA) is 135 Å². The van der Waals surface area contributed by atoms with Crippen molar-refractivity contribution in [2.45, 2.75) is 108 Å². The summed E-state index contributed by atoms with van der Waals surface area (Å²) < 4.78 is 41.8. The first-order valence-electron chi connectivity index (χ1n) is 17.6. The van der Waals surface area contributed by atoms with Crippen LogP contribution in [0.2, 0.25) is 0 Å². The number of hydrogen-bond donors (Lipinski definition) is 1. The number of rotatable bonds is 9. The number of benzene rings is 1. The Kier molecular flexibility index (Phi) is 9.59. The minimum absolute atomic E-state index is 0.0581. The Bertz CT molecular complexity index is 1830. The lowest BCUT2D eigenvalue weighted by molar-refractivity contribution is -0.0498. The van der Waals surface area contributed by atoms with E-state index in [4.69, 9.17) is 14.5 Å². The van der Waals surface area contributed by atoms with Gasteiger partial charge in [-0.1, -0.05) is 26.0 Å². The summed E-state index contributed by atoms with van der Waals surface area (Å²) in [6, 6.07) is 11.6. The molecule has 2 aliphatic carbocycles. The molecular weight excluding hydrogens is 656 g/mol.